The zero-order chi connectivity index (χ0) is 15.8. The van der Waals surface area contributed by atoms with Crippen molar-refractivity contribution in [1.29, 1.82) is 0 Å². The van der Waals surface area contributed by atoms with Gasteiger partial charge < -0.3 is 9.64 Å². The van der Waals surface area contributed by atoms with Crippen LogP contribution in [0.5, 0.6) is 5.75 Å². The Morgan fingerprint density at radius 2 is 2.13 bits per heavy atom. The number of fused-ring (bicyclic) bond motifs is 1. The van der Waals surface area contributed by atoms with Crippen LogP contribution >= 0.6 is 0 Å². The monoisotopic (exact) mass is 309 g/mol. The van der Waals surface area contributed by atoms with Gasteiger partial charge in [-0.05, 0) is 25.0 Å². The molecule has 6 heteroatoms. The summed E-state index contributed by atoms with van der Waals surface area (Å²) in [6.45, 7) is 3.92. The Labute approximate surface area is 134 Å². The first-order valence-electron chi connectivity index (χ1n) is 7.81. The molecule has 118 valence electrons. The maximum absolute atomic E-state index is 5.52. The summed E-state index contributed by atoms with van der Waals surface area (Å²) in [6.07, 6.45) is 2.65. The lowest BCUT2D eigenvalue weighted by Gasteiger charge is -2.20. The zero-order valence-electron chi connectivity index (χ0n) is 13.3. The summed E-state index contributed by atoms with van der Waals surface area (Å²) in [5, 5.41) is 4.31. The molecule has 3 aromatic rings. The third kappa shape index (κ3) is 2.40. The Morgan fingerprint density at radius 3 is 3.00 bits per heavy atom. The van der Waals surface area contributed by atoms with Gasteiger partial charge in [0.05, 0.1) is 7.11 Å². The second kappa shape index (κ2) is 5.53. The minimum absolute atomic E-state index is 0.457. The van der Waals surface area contributed by atoms with Gasteiger partial charge in [0.15, 0.2) is 0 Å². The molecule has 1 aliphatic heterocycles. The van der Waals surface area contributed by atoms with Crippen LogP contribution < -0.4 is 9.64 Å². The van der Waals surface area contributed by atoms with Gasteiger partial charge in [0.25, 0.3) is 5.78 Å². The molecule has 0 bridgehead atoms. The molecule has 1 saturated heterocycles. The minimum atomic E-state index is 0.457. The summed E-state index contributed by atoms with van der Waals surface area (Å²) < 4.78 is 7.34. The summed E-state index contributed by atoms with van der Waals surface area (Å²) in [5.74, 6) is 3.14. The molecular weight excluding hydrogens is 290 g/mol. The number of hydrogen-bond acceptors (Lipinski definition) is 5. The van der Waals surface area contributed by atoms with Crippen LogP contribution in [0.4, 0.5) is 5.82 Å². The van der Waals surface area contributed by atoms with E-state index in [4.69, 9.17) is 4.74 Å². The summed E-state index contributed by atoms with van der Waals surface area (Å²) in [5.41, 5.74) is 2.24. The fourth-order valence-electron chi connectivity index (χ4n) is 3.36. The molecule has 0 aliphatic carbocycles. The van der Waals surface area contributed by atoms with Crippen molar-refractivity contribution < 1.29 is 4.74 Å². The van der Waals surface area contributed by atoms with E-state index in [2.05, 4.69) is 38.2 Å². The molecule has 0 saturated carbocycles. The number of benzene rings is 1. The molecule has 1 unspecified atom stereocenters. The van der Waals surface area contributed by atoms with Crippen molar-refractivity contribution in [3.8, 4) is 5.75 Å². The van der Waals surface area contributed by atoms with Crippen molar-refractivity contribution in [1.82, 2.24) is 19.6 Å². The summed E-state index contributed by atoms with van der Waals surface area (Å²) in [7, 11) is 1.73. The van der Waals surface area contributed by atoms with Gasteiger partial charge in [0.2, 0.25) is 0 Å². The van der Waals surface area contributed by atoms with Crippen LogP contribution in [0.25, 0.3) is 5.78 Å². The van der Waals surface area contributed by atoms with Crippen LogP contribution in [0.15, 0.2) is 36.7 Å². The van der Waals surface area contributed by atoms with Gasteiger partial charge in [-0.1, -0.05) is 18.2 Å². The molecule has 1 aliphatic rings. The van der Waals surface area contributed by atoms with Crippen LogP contribution in [0.2, 0.25) is 0 Å². The van der Waals surface area contributed by atoms with Gasteiger partial charge in [-0.15, -0.1) is 0 Å². The Bertz CT molecular complexity index is 844. The topological polar surface area (TPSA) is 55.5 Å². The van der Waals surface area contributed by atoms with E-state index < -0.39 is 0 Å². The van der Waals surface area contributed by atoms with Gasteiger partial charge in [-0.2, -0.15) is 14.6 Å². The van der Waals surface area contributed by atoms with E-state index in [1.54, 1.807) is 13.4 Å². The van der Waals surface area contributed by atoms with Gasteiger partial charge in [0, 0.05) is 30.8 Å². The fraction of sp³-hybridized carbons (Fsp3) is 0.353. The highest BCUT2D eigenvalue weighted by molar-refractivity contribution is 5.49. The highest BCUT2D eigenvalue weighted by Crippen LogP contribution is 2.35. The van der Waals surface area contributed by atoms with Crippen LogP contribution in [-0.4, -0.2) is 39.8 Å². The molecule has 23 heavy (non-hydrogen) atoms. The van der Waals surface area contributed by atoms with Crippen molar-refractivity contribution in [2.45, 2.75) is 19.3 Å². The fourth-order valence-corrected chi connectivity index (χ4v) is 3.36. The van der Waals surface area contributed by atoms with E-state index in [1.165, 1.54) is 5.56 Å². The number of ether oxygens (including phenoxy) is 1. The average Bonchev–Trinajstić information content (AvgIpc) is 3.23. The maximum atomic E-state index is 5.52. The van der Waals surface area contributed by atoms with Crippen molar-refractivity contribution >= 4 is 11.6 Å². The second-order valence-electron chi connectivity index (χ2n) is 5.90. The number of methoxy groups -OCH3 is 1. The molecule has 0 radical (unpaired) electrons. The number of rotatable bonds is 3. The molecule has 4 rings (SSSR count). The molecule has 1 aromatic carbocycles. The average molecular weight is 309 g/mol. The maximum Gasteiger partial charge on any atom is 0.254 e. The van der Waals surface area contributed by atoms with Crippen LogP contribution in [0.1, 0.15) is 23.6 Å². The lowest BCUT2D eigenvalue weighted by Crippen LogP contribution is -2.22. The lowest BCUT2D eigenvalue weighted by molar-refractivity contribution is 0.406. The summed E-state index contributed by atoms with van der Waals surface area (Å²) in [6, 6.07) is 10.4. The van der Waals surface area contributed by atoms with Gasteiger partial charge >= 0.3 is 0 Å². The van der Waals surface area contributed by atoms with Gasteiger partial charge in [-0.25, -0.2) is 4.98 Å². The number of nitrogens with zero attached hydrogens (tertiary/aromatic N) is 5. The number of aromatic nitrogens is 4. The van der Waals surface area contributed by atoms with Crippen molar-refractivity contribution in [3.63, 3.8) is 0 Å². The molecule has 1 atom stereocenters. The van der Waals surface area contributed by atoms with E-state index in [0.717, 1.165) is 36.8 Å². The molecule has 2 aromatic heterocycles. The highest BCUT2D eigenvalue weighted by atomic mass is 16.5. The normalized spacial score (nSPS) is 17.8. The lowest BCUT2D eigenvalue weighted by atomic mass is 9.97. The van der Waals surface area contributed by atoms with E-state index in [-0.39, 0.29) is 0 Å². The van der Waals surface area contributed by atoms with Crippen LogP contribution in [0, 0.1) is 6.92 Å². The minimum Gasteiger partial charge on any atom is -0.496 e. The first-order valence-corrected chi connectivity index (χ1v) is 7.81. The predicted octanol–water partition coefficient (Wildman–Crippen LogP) is 2.44. The number of aryl methyl sites for hydroxylation is 1. The molecule has 3 heterocycles. The number of anilines is 1. The Balaban J connectivity index is 1.66. The van der Waals surface area contributed by atoms with Crippen molar-refractivity contribution in [3.05, 3.63) is 47.9 Å². The largest absolute Gasteiger partial charge is 0.496 e. The van der Waals surface area contributed by atoms with Gasteiger partial charge in [0.1, 0.15) is 17.9 Å². The Morgan fingerprint density at radius 1 is 1.26 bits per heavy atom. The van der Waals surface area contributed by atoms with Crippen molar-refractivity contribution in [2.24, 2.45) is 0 Å². The number of hydrogen-bond donors (Lipinski definition) is 0. The SMILES string of the molecule is COc1ccccc1C1CCN(c2cc(C)nc3ncnn23)C1. The van der Waals surface area contributed by atoms with E-state index in [1.807, 2.05) is 23.6 Å². The highest BCUT2D eigenvalue weighted by Gasteiger charge is 2.27. The molecule has 0 N–H and O–H groups in total. The first-order chi connectivity index (χ1) is 11.3. The predicted molar refractivity (Wildman–Crippen MR) is 88.1 cm³/mol. The molecule has 0 spiro atoms. The smallest absolute Gasteiger partial charge is 0.254 e. The third-order valence-electron chi connectivity index (χ3n) is 4.45. The van der Waals surface area contributed by atoms with Crippen LogP contribution in [0.3, 0.4) is 0 Å². The van der Waals surface area contributed by atoms with Gasteiger partial charge in [-0.3, -0.25) is 0 Å². The van der Waals surface area contributed by atoms with Crippen LogP contribution in [-0.2, 0) is 0 Å². The van der Waals surface area contributed by atoms with E-state index in [0.29, 0.717) is 11.7 Å². The molecule has 0 amide bonds. The first kappa shape index (κ1) is 14.0. The summed E-state index contributed by atoms with van der Waals surface area (Å²) >= 11 is 0. The molecular formula is C17H19N5O. The number of para-hydroxylation sites is 1. The Kier molecular flexibility index (Phi) is 3.37. The Hall–Kier alpha value is -2.63. The van der Waals surface area contributed by atoms with Crippen molar-refractivity contribution in [2.75, 3.05) is 25.1 Å². The zero-order valence-corrected chi connectivity index (χ0v) is 13.3. The molecule has 1 fully saturated rings. The molecule has 6 nitrogen and oxygen atoms in total. The summed E-state index contributed by atoms with van der Waals surface area (Å²) in [4.78, 5) is 11.0. The second-order valence-corrected chi connectivity index (χ2v) is 5.90. The quantitative estimate of drug-likeness (QED) is 0.744. The van der Waals surface area contributed by atoms with E-state index >= 15 is 0 Å². The van der Waals surface area contributed by atoms with E-state index in [9.17, 15) is 0 Å². The standard InChI is InChI=1S/C17H19N5O/c1-12-9-16(22-17(20-12)18-11-19-22)21-8-7-13(10-21)14-5-3-4-6-15(14)23-2/h3-6,9,11,13H,7-8,10H2,1-2H3. The third-order valence-corrected chi connectivity index (χ3v) is 4.45.